The fourth-order valence-corrected chi connectivity index (χ4v) is 2.17. The Balaban J connectivity index is 2.65. The van der Waals surface area contributed by atoms with Crippen molar-refractivity contribution in [3.05, 3.63) is 35.4 Å². The lowest BCUT2D eigenvalue weighted by atomic mass is 10.1. The fourth-order valence-electron chi connectivity index (χ4n) is 2.17. The van der Waals surface area contributed by atoms with Crippen molar-refractivity contribution in [3.8, 4) is 17.0 Å². The third-order valence-electron chi connectivity index (χ3n) is 3.29. The van der Waals surface area contributed by atoms with Gasteiger partial charge in [0.1, 0.15) is 11.6 Å². The SMILES string of the molecule is CCNc1nc(CC)nc(-c2cccc(OC)c2F)c1C. The van der Waals surface area contributed by atoms with Gasteiger partial charge in [0.2, 0.25) is 0 Å². The molecule has 0 amide bonds. The zero-order valence-electron chi connectivity index (χ0n) is 12.8. The van der Waals surface area contributed by atoms with Gasteiger partial charge in [0, 0.05) is 24.1 Å². The molecule has 4 nitrogen and oxygen atoms in total. The molecule has 0 aliphatic rings. The van der Waals surface area contributed by atoms with Crippen molar-refractivity contribution < 1.29 is 9.13 Å². The van der Waals surface area contributed by atoms with Gasteiger partial charge in [-0.3, -0.25) is 0 Å². The Kier molecular flexibility index (Phi) is 4.73. The summed E-state index contributed by atoms with van der Waals surface area (Å²) in [6, 6.07) is 5.07. The predicted octanol–water partition coefficient (Wildman–Crippen LogP) is 3.59. The third kappa shape index (κ3) is 2.96. The highest BCUT2D eigenvalue weighted by molar-refractivity contribution is 5.70. The maximum Gasteiger partial charge on any atom is 0.174 e. The molecule has 0 spiro atoms. The van der Waals surface area contributed by atoms with Crippen LogP contribution in [0.4, 0.5) is 10.2 Å². The van der Waals surface area contributed by atoms with Gasteiger partial charge >= 0.3 is 0 Å². The minimum absolute atomic E-state index is 0.216. The number of nitrogens with one attached hydrogen (secondary N) is 1. The van der Waals surface area contributed by atoms with E-state index in [1.54, 1.807) is 18.2 Å². The summed E-state index contributed by atoms with van der Waals surface area (Å²) in [5, 5.41) is 3.20. The predicted molar refractivity (Wildman–Crippen MR) is 82.3 cm³/mol. The van der Waals surface area contributed by atoms with Crippen LogP contribution >= 0.6 is 0 Å². The van der Waals surface area contributed by atoms with Crippen LogP contribution in [-0.4, -0.2) is 23.6 Å². The molecule has 112 valence electrons. The molecule has 2 aromatic rings. The van der Waals surface area contributed by atoms with Crippen LogP contribution in [0.3, 0.4) is 0 Å². The van der Waals surface area contributed by atoms with Gasteiger partial charge in [-0.15, -0.1) is 0 Å². The Labute approximate surface area is 124 Å². The van der Waals surface area contributed by atoms with Crippen LogP contribution < -0.4 is 10.1 Å². The zero-order chi connectivity index (χ0) is 15.4. The summed E-state index contributed by atoms with van der Waals surface area (Å²) in [6.45, 7) is 6.62. The molecule has 0 saturated carbocycles. The smallest absolute Gasteiger partial charge is 0.174 e. The van der Waals surface area contributed by atoms with Crippen molar-refractivity contribution in [1.82, 2.24) is 9.97 Å². The number of hydrogen-bond donors (Lipinski definition) is 1. The lowest BCUT2D eigenvalue weighted by molar-refractivity contribution is 0.387. The number of ether oxygens (including phenoxy) is 1. The van der Waals surface area contributed by atoms with Gasteiger partial charge in [-0.1, -0.05) is 13.0 Å². The largest absolute Gasteiger partial charge is 0.494 e. The van der Waals surface area contributed by atoms with E-state index in [1.807, 2.05) is 20.8 Å². The summed E-state index contributed by atoms with van der Waals surface area (Å²) in [4.78, 5) is 8.96. The van der Waals surface area contributed by atoms with Gasteiger partial charge in [-0.2, -0.15) is 0 Å². The van der Waals surface area contributed by atoms with Crippen LogP contribution in [0.5, 0.6) is 5.75 Å². The van der Waals surface area contributed by atoms with E-state index in [0.717, 1.165) is 17.9 Å². The first-order valence-corrected chi connectivity index (χ1v) is 7.06. The molecule has 1 aromatic heterocycles. The minimum atomic E-state index is -0.397. The Morgan fingerprint density at radius 3 is 2.62 bits per heavy atom. The fraction of sp³-hybridized carbons (Fsp3) is 0.375. The van der Waals surface area contributed by atoms with Crippen LogP contribution in [0.15, 0.2) is 18.2 Å². The van der Waals surface area contributed by atoms with Crippen molar-refractivity contribution in [3.63, 3.8) is 0 Å². The van der Waals surface area contributed by atoms with Gasteiger partial charge in [-0.05, 0) is 26.0 Å². The summed E-state index contributed by atoms with van der Waals surface area (Å²) in [6.07, 6.45) is 0.692. The molecule has 0 aliphatic heterocycles. The van der Waals surface area contributed by atoms with Crippen LogP contribution in [0.25, 0.3) is 11.3 Å². The molecule has 0 saturated heterocycles. The number of benzene rings is 1. The number of anilines is 1. The lowest BCUT2D eigenvalue weighted by Crippen LogP contribution is -2.08. The molecule has 0 bridgehead atoms. The number of rotatable bonds is 5. The standard InChI is InChI=1S/C16H20FN3O/c1-5-13-19-15(10(3)16(20-13)18-6-2)11-8-7-9-12(21-4)14(11)17/h7-9H,5-6H2,1-4H3,(H,18,19,20). The van der Waals surface area contributed by atoms with E-state index in [1.165, 1.54) is 7.11 Å². The quantitative estimate of drug-likeness (QED) is 0.913. The second kappa shape index (κ2) is 6.52. The first-order valence-electron chi connectivity index (χ1n) is 7.06. The van der Waals surface area contributed by atoms with E-state index >= 15 is 0 Å². The summed E-state index contributed by atoms with van der Waals surface area (Å²) in [5.74, 6) is 1.26. The number of aromatic nitrogens is 2. The van der Waals surface area contributed by atoms with E-state index in [2.05, 4.69) is 15.3 Å². The molecule has 0 aliphatic carbocycles. The highest BCUT2D eigenvalue weighted by Crippen LogP contribution is 2.32. The minimum Gasteiger partial charge on any atom is -0.494 e. The second-order valence-electron chi connectivity index (χ2n) is 4.67. The second-order valence-corrected chi connectivity index (χ2v) is 4.67. The molecular formula is C16H20FN3O. The summed E-state index contributed by atoms with van der Waals surface area (Å²) in [5.41, 5.74) is 1.87. The monoisotopic (exact) mass is 289 g/mol. The van der Waals surface area contributed by atoms with Crippen LogP contribution in [-0.2, 0) is 6.42 Å². The maximum atomic E-state index is 14.5. The normalized spacial score (nSPS) is 10.5. The summed E-state index contributed by atoms with van der Waals surface area (Å²) in [7, 11) is 1.45. The molecule has 0 fully saturated rings. The molecule has 2 rings (SSSR count). The van der Waals surface area contributed by atoms with E-state index < -0.39 is 5.82 Å². The molecular weight excluding hydrogens is 269 g/mol. The van der Waals surface area contributed by atoms with Crippen LogP contribution in [0.1, 0.15) is 25.2 Å². The Morgan fingerprint density at radius 2 is 2.00 bits per heavy atom. The average Bonchev–Trinajstić information content (AvgIpc) is 2.50. The first-order chi connectivity index (χ1) is 10.1. The van der Waals surface area contributed by atoms with Crippen molar-refractivity contribution >= 4 is 5.82 Å². The van der Waals surface area contributed by atoms with Crippen molar-refractivity contribution in [2.75, 3.05) is 19.0 Å². The van der Waals surface area contributed by atoms with E-state index in [0.29, 0.717) is 23.5 Å². The van der Waals surface area contributed by atoms with E-state index in [-0.39, 0.29) is 5.75 Å². The molecule has 0 radical (unpaired) electrons. The highest BCUT2D eigenvalue weighted by Gasteiger charge is 2.17. The number of methoxy groups -OCH3 is 1. The van der Waals surface area contributed by atoms with Crippen molar-refractivity contribution in [2.24, 2.45) is 0 Å². The molecule has 0 atom stereocenters. The van der Waals surface area contributed by atoms with Crippen LogP contribution in [0.2, 0.25) is 0 Å². The molecule has 0 unspecified atom stereocenters. The highest BCUT2D eigenvalue weighted by atomic mass is 19.1. The molecule has 1 aromatic carbocycles. The van der Waals surface area contributed by atoms with E-state index in [4.69, 9.17) is 4.74 Å². The van der Waals surface area contributed by atoms with Gasteiger partial charge in [0.25, 0.3) is 0 Å². The molecule has 1 N–H and O–H groups in total. The maximum absolute atomic E-state index is 14.5. The number of aryl methyl sites for hydroxylation is 1. The molecule has 21 heavy (non-hydrogen) atoms. The zero-order valence-corrected chi connectivity index (χ0v) is 12.8. The van der Waals surface area contributed by atoms with Gasteiger partial charge in [0.15, 0.2) is 11.6 Å². The lowest BCUT2D eigenvalue weighted by Gasteiger charge is -2.14. The summed E-state index contributed by atoms with van der Waals surface area (Å²) < 4.78 is 19.5. The Bertz CT molecular complexity index is 644. The Hall–Kier alpha value is -2.17. The third-order valence-corrected chi connectivity index (χ3v) is 3.29. The number of hydrogen-bond acceptors (Lipinski definition) is 4. The van der Waals surface area contributed by atoms with Gasteiger partial charge < -0.3 is 10.1 Å². The first kappa shape index (κ1) is 15.2. The summed E-state index contributed by atoms with van der Waals surface area (Å²) >= 11 is 0. The number of halogens is 1. The van der Waals surface area contributed by atoms with Gasteiger partial charge in [-0.25, -0.2) is 14.4 Å². The molecule has 1 heterocycles. The van der Waals surface area contributed by atoms with Gasteiger partial charge in [0.05, 0.1) is 12.8 Å². The van der Waals surface area contributed by atoms with Crippen molar-refractivity contribution in [1.29, 1.82) is 0 Å². The topological polar surface area (TPSA) is 47.0 Å². The number of nitrogens with zero attached hydrogens (tertiary/aromatic N) is 2. The molecule has 5 heteroatoms. The van der Waals surface area contributed by atoms with Crippen molar-refractivity contribution in [2.45, 2.75) is 27.2 Å². The Morgan fingerprint density at radius 1 is 1.24 bits per heavy atom. The average molecular weight is 289 g/mol. The van der Waals surface area contributed by atoms with E-state index in [9.17, 15) is 4.39 Å². The van der Waals surface area contributed by atoms with Crippen LogP contribution in [0, 0.1) is 12.7 Å².